The van der Waals surface area contributed by atoms with Crippen LogP contribution in [0.3, 0.4) is 0 Å². The number of rotatable bonds is 11. The second kappa shape index (κ2) is 14.3. The third-order valence-corrected chi connectivity index (χ3v) is 9.80. The molecule has 0 aromatic heterocycles. The highest BCUT2D eigenvalue weighted by atomic mass is 32.2. The Morgan fingerprint density at radius 3 is 2.25 bits per heavy atom. The molecule has 1 saturated heterocycles. The maximum absolute atomic E-state index is 14.2. The SMILES string of the molecule is C=C[C@@H]1C[C@]1(NC(=O)C1CN(C(=O)[C@@H](NC(=O)OC(C)(C)C)C(C)C)CCN1c1ccccc1)C(=O)NS(=O)(=O)c1ccccc1NC. The van der Waals surface area contributed by atoms with Crippen LogP contribution in [0, 0.1) is 11.8 Å². The average molecular weight is 683 g/mol. The van der Waals surface area contributed by atoms with Crippen LogP contribution in [0.2, 0.25) is 0 Å². The smallest absolute Gasteiger partial charge is 0.408 e. The molecule has 1 heterocycles. The fraction of sp³-hybridized carbons (Fsp3) is 0.471. The Kier molecular flexibility index (Phi) is 10.8. The topological polar surface area (TPSA) is 166 Å². The zero-order valence-electron chi connectivity index (χ0n) is 28.3. The molecule has 0 radical (unpaired) electrons. The van der Waals surface area contributed by atoms with Crippen molar-refractivity contribution in [2.45, 2.75) is 69.2 Å². The minimum atomic E-state index is -4.31. The zero-order valence-corrected chi connectivity index (χ0v) is 29.1. The van der Waals surface area contributed by atoms with Crippen LogP contribution in [0.4, 0.5) is 16.2 Å². The van der Waals surface area contributed by atoms with Gasteiger partial charge in [-0.3, -0.25) is 14.4 Å². The van der Waals surface area contributed by atoms with Crippen LogP contribution in [-0.2, 0) is 29.1 Å². The van der Waals surface area contributed by atoms with Gasteiger partial charge >= 0.3 is 6.09 Å². The number of hydrogen-bond donors (Lipinski definition) is 4. The van der Waals surface area contributed by atoms with E-state index < -0.39 is 57.1 Å². The number of piperazine rings is 1. The molecule has 0 spiro atoms. The van der Waals surface area contributed by atoms with Gasteiger partial charge in [0.1, 0.15) is 28.1 Å². The standard InChI is InChI=1S/C34H46N6O7S/c1-8-23-20-34(23,31(43)38-48(45,46)27-17-13-12-16-25(27)35-7)37-29(41)26-21-39(18-19-40(26)24-14-10-9-11-15-24)30(42)28(22(2)3)36-32(44)47-33(4,5)6/h8-17,22-23,26,28,35H,1,18-21H2,2-7H3,(H,36,44)(H,37,41)(H,38,43)/t23-,26?,28+,34-/m1/s1. The Morgan fingerprint density at radius 1 is 1.02 bits per heavy atom. The predicted molar refractivity (Wildman–Crippen MR) is 183 cm³/mol. The number of ether oxygens (including phenoxy) is 1. The van der Waals surface area contributed by atoms with Crippen LogP contribution in [0.25, 0.3) is 0 Å². The molecule has 2 aliphatic rings. The summed E-state index contributed by atoms with van der Waals surface area (Å²) in [5, 5.41) is 8.33. The molecule has 4 atom stereocenters. The number of carbonyl (C=O) groups is 4. The van der Waals surface area contributed by atoms with Crippen molar-refractivity contribution < 1.29 is 32.3 Å². The van der Waals surface area contributed by atoms with Gasteiger partial charge in [0.25, 0.3) is 15.9 Å². The number of nitrogens with zero attached hydrogens (tertiary/aromatic N) is 2. The maximum atomic E-state index is 14.2. The summed E-state index contributed by atoms with van der Waals surface area (Å²) in [6, 6.07) is 13.5. The summed E-state index contributed by atoms with van der Waals surface area (Å²) < 4.78 is 34.1. The van der Waals surface area contributed by atoms with Gasteiger partial charge in [0.15, 0.2) is 0 Å². The number of sulfonamides is 1. The van der Waals surface area contributed by atoms with E-state index in [0.717, 1.165) is 5.69 Å². The first-order chi connectivity index (χ1) is 22.5. The van der Waals surface area contributed by atoms with Crippen LogP contribution in [0.5, 0.6) is 0 Å². The summed E-state index contributed by atoms with van der Waals surface area (Å²) in [4.78, 5) is 57.6. The van der Waals surface area contributed by atoms with Gasteiger partial charge in [-0.25, -0.2) is 17.9 Å². The highest BCUT2D eigenvalue weighted by Gasteiger charge is 2.61. The number of benzene rings is 2. The second-order valence-corrected chi connectivity index (χ2v) is 15.0. The van der Waals surface area contributed by atoms with Gasteiger partial charge in [0, 0.05) is 31.7 Å². The van der Waals surface area contributed by atoms with Crippen molar-refractivity contribution >= 4 is 45.2 Å². The summed E-state index contributed by atoms with van der Waals surface area (Å²) in [5.41, 5.74) is -1.28. The Balaban J connectivity index is 1.59. The quantitative estimate of drug-likeness (QED) is 0.261. The van der Waals surface area contributed by atoms with Crippen LogP contribution >= 0.6 is 0 Å². The minimum Gasteiger partial charge on any atom is -0.444 e. The Hall–Kier alpha value is -4.59. The first-order valence-corrected chi connectivity index (χ1v) is 17.4. The average Bonchev–Trinajstić information content (AvgIpc) is 3.76. The fourth-order valence-corrected chi connectivity index (χ4v) is 7.05. The molecule has 1 unspecified atom stereocenters. The van der Waals surface area contributed by atoms with Crippen LogP contribution in [0.15, 0.2) is 72.1 Å². The lowest BCUT2D eigenvalue weighted by Gasteiger charge is -2.43. The highest BCUT2D eigenvalue weighted by Crippen LogP contribution is 2.45. The van der Waals surface area contributed by atoms with Crippen molar-refractivity contribution in [3.8, 4) is 0 Å². The molecule has 2 aromatic rings. The zero-order chi connectivity index (χ0) is 35.4. The van der Waals surface area contributed by atoms with Crippen molar-refractivity contribution in [1.29, 1.82) is 0 Å². The van der Waals surface area contributed by atoms with E-state index in [2.05, 4.69) is 27.3 Å². The number of hydrogen-bond acceptors (Lipinski definition) is 9. The molecule has 2 fully saturated rings. The van der Waals surface area contributed by atoms with Crippen molar-refractivity contribution in [3.05, 3.63) is 67.3 Å². The third kappa shape index (κ3) is 8.09. The van der Waals surface area contributed by atoms with E-state index in [1.165, 1.54) is 17.0 Å². The van der Waals surface area contributed by atoms with Gasteiger partial charge in [-0.15, -0.1) is 6.58 Å². The van der Waals surface area contributed by atoms with Crippen molar-refractivity contribution in [3.63, 3.8) is 0 Å². The van der Waals surface area contributed by atoms with Crippen molar-refractivity contribution in [2.24, 2.45) is 11.8 Å². The maximum Gasteiger partial charge on any atom is 0.408 e. The van der Waals surface area contributed by atoms with Crippen molar-refractivity contribution in [2.75, 3.05) is 36.9 Å². The molecule has 4 rings (SSSR count). The van der Waals surface area contributed by atoms with E-state index in [9.17, 15) is 27.6 Å². The van der Waals surface area contributed by atoms with Gasteiger partial charge in [0.2, 0.25) is 11.8 Å². The Bertz CT molecular complexity index is 1640. The summed E-state index contributed by atoms with van der Waals surface area (Å²) >= 11 is 0. The summed E-state index contributed by atoms with van der Waals surface area (Å²) in [6.07, 6.45) is 0.929. The molecule has 1 aliphatic heterocycles. The molecule has 13 nitrogen and oxygen atoms in total. The van der Waals surface area contributed by atoms with Crippen LogP contribution < -0.4 is 25.6 Å². The molecular formula is C34H46N6O7S. The molecule has 2 aromatic carbocycles. The van der Waals surface area contributed by atoms with Gasteiger partial charge in [-0.2, -0.15) is 0 Å². The highest BCUT2D eigenvalue weighted by molar-refractivity contribution is 7.90. The lowest BCUT2D eigenvalue weighted by Crippen LogP contribution is -2.65. The number of anilines is 2. The monoisotopic (exact) mass is 682 g/mol. The number of para-hydroxylation sites is 2. The summed E-state index contributed by atoms with van der Waals surface area (Å²) in [7, 11) is -2.74. The van der Waals surface area contributed by atoms with E-state index in [0.29, 0.717) is 5.69 Å². The summed E-state index contributed by atoms with van der Waals surface area (Å²) in [6.45, 7) is 13.1. The molecule has 14 heteroatoms. The normalized spacial score (nSPS) is 21.5. The van der Waals surface area contributed by atoms with Crippen LogP contribution in [-0.4, -0.2) is 87.0 Å². The molecule has 4 N–H and O–H groups in total. The molecule has 1 aliphatic carbocycles. The first-order valence-electron chi connectivity index (χ1n) is 15.9. The van der Waals surface area contributed by atoms with E-state index in [1.54, 1.807) is 59.9 Å². The van der Waals surface area contributed by atoms with E-state index >= 15 is 0 Å². The number of nitrogens with one attached hydrogen (secondary N) is 4. The molecular weight excluding hydrogens is 636 g/mol. The van der Waals surface area contributed by atoms with E-state index in [1.807, 2.05) is 35.2 Å². The Morgan fingerprint density at radius 2 is 1.67 bits per heavy atom. The van der Waals surface area contributed by atoms with E-state index in [-0.39, 0.29) is 42.8 Å². The van der Waals surface area contributed by atoms with Gasteiger partial charge in [-0.05, 0) is 57.4 Å². The summed E-state index contributed by atoms with van der Waals surface area (Å²) in [5.74, 6) is -2.64. The lowest BCUT2D eigenvalue weighted by atomic mass is 10.0. The van der Waals surface area contributed by atoms with E-state index in [4.69, 9.17) is 4.74 Å². The second-order valence-electron chi connectivity index (χ2n) is 13.4. The fourth-order valence-electron chi connectivity index (χ4n) is 5.79. The lowest BCUT2D eigenvalue weighted by molar-refractivity contribution is -0.137. The molecule has 0 bridgehead atoms. The van der Waals surface area contributed by atoms with Crippen molar-refractivity contribution in [1.82, 2.24) is 20.3 Å². The molecule has 4 amide bonds. The number of amides is 4. The van der Waals surface area contributed by atoms with Gasteiger partial charge in [0.05, 0.1) is 12.2 Å². The van der Waals surface area contributed by atoms with Gasteiger partial charge in [-0.1, -0.05) is 50.3 Å². The third-order valence-electron chi connectivity index (χ3n) is 8.41. The van der Waals surface area contributed by atoms with Gasteiger partial charge < -0.3 is 30.5 Å². The minimum absolute atomic E-state index is 0.0525. The largest absolute Gasteiger partial charge is 0.444 e. The number of carbonyl (C=O) groups excluding carboxylic acids is 4. The molecule has 48 heavy (non-hydrogen) atoms. The predicted octanol–water partition coefficient (Wildman–Crippen LogP) is 2.86. The number of alkyl carbamates (subject to hydrolysis) is 1. The molecule has 260 valence electrons. The Labute approximate surface area is 282 Å². The first kappa shape index (κ1) is 36.2. The molecule has 1 saturated carbocycles. The van der Waals surface area contributed by atoms with Crippen LogP contribution in [0.1, 0.15) is 41.0 Å².